The van der Waals surface area contributed by atoms with E-state index in [0.29, 0.717) is 5.82 Å². The average molecular weight is 237 g/mol. The third-order valence-corrected chi connectivity index (χ3v) is 2.76. The first-order valence-electron chi connectivity index (χ1n) is 5.43. The Balaban J connectivity index is 2.30. The van der Waals surface area contributed by atoms with Crippen molar-refractivity contribution in [2.45, 2.75) is 0 Å². The number of rotatable bonds is 1. The first-order valence-corrected chi connectivity index (χ1v) is 5.43. The van der Waals surface area contributed by atoms with Gasteiger partial charge in [0, 0.05) is 0 Å². The van der Waals surface area contributed by atoms with Crippen molar-refractivity contribution in [3.63, 3.8) is 0 Å². The molecule has 3 rings (SSSR count). The number of H-pyrrole nitrogens is 1. The van der Waals surface area contributed by atoms with Gasteiger partial charge in [0.1, 0.15) is 11.6 Å². The number of benzene rings is 2. The van der Waals surface area contributed by atoms with Crippen molar-refractivity contribution in [1.29, 1.82) is 5.26 Å². The average Bonchev–Trinajstić information content (AvgIpc) is 2.81. The van der Waals surface area contributed by atoms with Crippen LogP contribution >= 0.6 is 0 Å². The second-order valence-electron chi connectivity index (χ2n) is 3.88. The Morgan fingerprint density at radius 1 is 1.11 bits per heavy atom. The lowest BCUT2D eigenvalue weighted by Gasteiger charge is -2.01. The van der Waals surface area contributed by atoms with Crippen molar-refractivity contribution >= 4 is 11.0 Å². The van der Waals surface area contributed by atoms with Crippen LogP contribution in [0.1, 0.15) is 5.56 Å². The van der Waals surface area contributed by atoms with Crippen LogP contribution in [0.25, 0.3) is 22.4 Å². The smallest absolute Gasteiger partial charge is 0.142 e. The minimum absolute atomic E-state index is 0.219. The van der Waals surface area contributed by atoms with Gasteiger partial charge in [-0.2, -0.15) is 5.26 Å². The van der Waals surface area contributed by atoms with Crippen molar-refractivity contribution in [3.05, 3.63) is 53.8 Å². The summed E-state index contributed by atoms with van der Waals surface area (Å²) in [6, 6.07) is 13.8. The second kappa shape index (κ2) is 3.97. The van der Waals surface area contributed by atoms with Gasteiger partial charge in [0.25, 0.3) is 0 Å². The molecule has 4 heteroatoms. The Hall–Kier alpha value is -2.67. The third kappa shape index (κ3) is 1.54. The number of fused-ring (bicyclic) bond motifs is 1. The van der Waals surface area contributed by atoms with Gasteiger partial charge in [0.15, 0.2) is 0 Å². The highest BCUT2D eigenvalue weighted by Crippen LogP contribution is 2.26. The highest BCUT2D eigenvalue weighted by atomic mass is 19.1. The van der Waals surface area contributed by atoms with Gasteiger partial charge in [0.05, 0.1) is 28.2 Å². The molecule has 0 unspecified atom stereocenters. The molecular formula is C14H8FN3. The van der Waals surface area contributed by atoms with Crippen molar-refractivity contribution in [2.24, 2.45) is 0 Å². The van der Waals surface area contributed by atoms with Crippen LogP contribution in [0, 0.1) is 17.1 Å². The molecular weight excluding hydrogens is 229 g/mol. The molecule has 0 fully saturated rings. The Morgan fingerprint density at radius 3 is 2.72 bits per heavy atom. The predicted octanol–water partition coefficient (Wildman–Crippen LogP) is 3.24. The quantitative estimate of drug-likeness (QED) is 0.706. The van der Waals surface area contributed by atoms with Crippen molar-refractivity contribution in [1.82, 2.24) is 9.97 Å². The van der Waals surface area contributed by atoms with E-state index in [0.717, 1.165) is 11.0 Å². The molecule has 0 saturated heterocycles. The summed E-state index contributed by atoms with van der Waals surface area (Å²) in [5, 5.41) is 9.02. The topological polar surface area (TPSA) is 52.5 Å². The van der Waals surface area contributed by atoms with Crippen LogP contribution in [0.3, 0.4) is 0 Å². The Morgan fingerprint density at radius 2 is 1.94 bits per heavy atom. The van der Waals surface area contributed by atoms with Crippen LogP contribution in [0.5, 0.6) is 0 Å². The van der Waals surface area contributed by atoms with Crippen LogP contribution in [0.2, 0.25) is 0 Å². The summed E-state index contributed by atoms with van der Waals surface area (Å²) in [6.07, 6.45) is 0. The summed E-state index contributed by atoms with van der Waals surface area (Å²) in [6.45, 7) is 0. The Labute approximate surface area is 103 Å². The largest absolute Gasteiger partial charge is 0.338 e. The maximum Gasteiger partial charge on any atom is 0.142 e. The molecule has 1 aromatic heterocycles. The molecule has 0 aliphatic carbocycles. The Bertz CT molecular complexity index is 735. The fourth-order valence-corrected chi connectivity index (χ4v) is 1.93. The molecule has 1 N–H and O–H groups in total. The van der Waals surface area contributed by atoms with E-state index in [1.807, 2.05) is 30.3 Å². The number of para-hydroxylation sites is 2. The maximum absolute atomic E-state index is 13.8. The molecule has 18 heavy (non-hydrogen) atoms. The van der Waals surface area contributed by atoms with E-state index in [1.165, 1.54) is 12.1 Å². The molecule has 0 atom stereocenters. The van der Waals surface area contributed by atoms with Crippen molar-refractivity contribution < 1.29 is 4.39 Å². The highest BCUT2D eigenvalue weighted by molar-refractivity contribution is 5.80. The molecule has 0 amide bonds. The molecule has 0 aliphatic rings. The molecule has 3 aromatic rings. The number of nitrogens with one attached hydrogen (secondary N) is 1. The first-order chi connectivity index (χ1) is 8.79. The van der Waals surface area contributed by atoms with Gasteiger partial charge in [-0.3, -0.25) is 0 Å². The van der Waals surface area contributed by atoms with E-state index < -0.39 is 5.82 Å². The van der Waals surface area contributed by atoms with Crippen LogP contribution in [0.4, 0.5) is 4.39 Å². The number of nitriles is 1. The SMILES string of the molecule is N#Cc1cccc(F)c1-c1nc2ccccc2[nH]1. The Kier molecular flexibility index (Phi) is 2.31. The third-order valence-electron chi connectivity index (χ3n) is 2.76. The molecule has 3 nitrogen and oxygen atoms in total. The van der Waals surface area contributed by atoms with E-state index in [4.69, 9.17) is 5.26 Å². The van der Waals surface area contributed by atoms with Crippen molar-refractivity contribution in [3.8, 4) is 17.5 Å². The molecule has 0 bridgehead atoms. The van der Waals surface area contributed by atoms with Gasteiger partial charge in [-0.25, -0.2) is 9.37 Å². The standard InChI is InChI=1S/C14H8FN3/c15-10-5-3-4-9(8-16)13(10)14-17-11-6-1-2-7-12(11)18-14/h1-7H,(H,17,18). The normalized spacial score (nSPS) is 10.4. The second-order valence-corrected chi connectivity index (χ2v) is 3.88. The van der Waals surface area contributed by atoms with E-state index in [2.05, 4.69) is 9.97 Å². The van der Waals surface area contributed by atoms with Gasteiger partial charge >= 0.3 is 0 Å². The van der Waals surface area contributed by atoms with Crippen LogP contribution in [-0.4, -0.2) is 9.97 Å². The summed E-state index contributed by atoms with van der Waals surface area (Å²) >= 11 is 0. The fraction of sp³-hybridized carbons (Fsp3) is 0. The molecule has 1 heterocycles. The lowest BCUT2D eigenvalue weighted by atomic mass is 10.1. The summed E-state index contributed by atoms with van der Waals surface area (Å²) in [7, 11) is 0. The molecule has 0 aliphatic heterocycles. The number of halogens is 1. The summed E-state index contributed by atoms with van der Waals surface area (Å²) in [5.41, 5.74) is 2.06. The van der Waals surface area contributed by atoms with Crippen molar-refractivity contribution in [2.75, 3.05) is 0 Å². The van der Waals surface area contributed by atoms with Crippen LogP contribution in [-0.2, 0) is 0 Å². The van der Waals surface area contributed by atoms with Gasteiger partial charge in [-0.05, 0) is 24.3 Å². The lowest BCUT2D eigenvalue weighted by Crippen LogP contribution is -1.91. The minimum Gasteiger partial charge on any atom is -0.338 e. The summed E-state index contributed by atoms with van der Waals surface area (Å²) < 4.78 is 13.8. The predicted molar refractivity (Wildman–Crippen MR) is 66.2 cm³/mol. The zero-order valence-corrected chi connectivity index (χ0v) is 9.31. The van der Waals surface area contributed by atoms with Gasteiger partial charge in [-0.15, -0.1) is 0 Å². The van der Waals surface area contributed by atoms with E-state index >= 15 is 0 Å². The number of nitrogens with zero attached hydrogens (tertiary/aromatic N) is 2. The lowest BCUT2D eigenvalue weighted by molar-refractivity contribution is 0.630. The minimum atomic E-state index is -0.451. The number of imidazole rings is 1. The number of aromatic nitrogens is 2. The van der Waals surface area contributed by atoms with Gasteiger partial charge in [-0.1, -0.05) is 18.2 Å². The van der Waals surface area contributed by atoms with E-state index in [1.54, 1.807) is 6.07 Å². The maximum atomic E-state index is 13.8. The fourth-order valence-electron chi connectivity index (χ4n) is 1.93. The van der Waals surface area contributed by atoms with Crippen LogP contribution < -0.4 is 0 Å². The number of hydrogen-bond donors (Lipinski definition) is 1. The zero-order valence-electron chi connectivity index (χ0n) is 9.31. The monoisotopic (exact) mass is 237 g/mol. The molecule has 86 valence electrons. The first kappa shape index (κ1) is 10.5. The van der Waals surface area contributed by atoms with E-state index in [-0.39, 0.29) is 11.1 Å². The summed E-state index contributed by atoms with van der Waals surface area (Å²) in [5.74, 6) is -0.0704. The molecule has 2 aromatic carbocycles. The van der Waals surface area contributed by atoms with Crippen LogP contribution in [0.15, 0.2) is 42.5 Å². The molecule has 0 spiro atoms. The van der Waals surface area contributed by atoms with Gasteiger partial charge < -0.3 is 4.98 Å². The highest BCUT2D eigenvalue weighted by Gasteiger charge is 2.14. The zero-order chi connectivity index (χ0) is 12.5. The van der Waals surface area contributed by atoms with Gasteiger partial charge in [0.2, 0.25) is 0 Å². The number of hydrogen-bond acceptors (Lipinski definition) is 2. The molecule has 0 saturated carbocycles. The summed E-state index contributed by atoms with van der Waals surface area (Å²) in [4.78, 5) is 7.33. The van der Waals surface area contributed by atoms with E-state index in [9.17, 15) is 4.39 Å². The molecule has 0 radical (unpaired) electrons. The number of aromatic amines is 1.